The van der Waals surface area contributed by atoms with Crippen molar-refractivity contribution in [3.63, 3.8) is 0 Å². The third-order valence-corrected chi connectivity index (χ3v) is 3.80. The molecule has 1 fully saturated rings. The van der Waals surface area contributed by atoms with E-state index in [-0.39, 0.29) is 18.2 Å². The molecule has 1 aliphatic rings. The van der Waals surface area contributed by atoms with E-state index < -0.39 is 5.60 Å². The summed E-state index contributed by atoms with van der Waals surface area (Å²) in [5, 5.41) is 11.0. The summed E-state index contributed by atoms with van der Waals surface area (Å²) in [5.41, 5.74) is 1.66. The van der Waals surface area contributed by atoms with E-state index in [1.807, 2.05) is 38.7 Å². The van der Waals surface area contributed by atoms with Crippen molar-refractivity contribution in [3.05, 3.63) is 11.9 Å². The predicted octanol–water partition coefficient (Wildman–Crippen LogP) is 2.84. The van der Waals surface area contributed by atoms with E-state index in [1.54, 1.807) is 0 Å². The average Bonchev–Trinajstić information content (AvgIpc) is 2.94. The summed E-state index contributed by atoms with van der Waals surface area (Å²) in [6, 6.07) is 0.321. The van der Waals surface area contributed by atoms with E-state index in [2.05, 4.69) is 22.7 Å². The van der Waals surface area contributed by atoms with Gasteiger partial charge in [0.1, 0.15) is 5.60 Å². The molecule has 0 spiro atoms. The number of aryl methyl sites for hydroxylation is 2. The van der Waals surface area contributed by atoms with Crippen LogP contribution in [-0.2, 0) is 18.2 Å². The molecule has 1 amide bonds. The SMILES string of the molecule is CCc1nn(C)cc1N[C@H]1CCC[C@@H]1NC(=O)OC(C)(C)C. The Morgan fingerprint density at radius 3 is 2.73 bits per heavy atom. The van der Waals surface area contributed by atoms with Crippen molar-refractivity contribution in [1.29, 1.82) is 0 Å². The fourth-order valence-corrected chi connectivity index (χ4v) is 2.88. The maximum atomic E-state index is 12.0. The second-order valence-electron chi connectivity index (χ2n) is 6.95. The van der Waals surface area contributed by atoms with Crippen LogP contribution in [0.1, 0.15) is 52.7 Å². The summed E-state index contributed by atoms with van der Waals surface area (Å²) in [6.07, 6.45) is 5.66. The molecule has 1 saturated carbocycles. The van der Waals surface area contributed by atoms with Crippen LogP contribution in [-0.4, -0.2) is 33.6 Å². The maximum Gasteiger partial charge on any atom is 0.407 e. The van der Waals surface area contributed by atoms with Crippen molar-refractivity contribution in [1.82, 2.24) is 15.1 Å². The van der Waals surface area contributed by atoms with E-state index >= 15 is 0 Å². The van der Waals surface area contributed by atoms with Crippen molar-refractivity contribution in [2.75, 3.05) is 5.32 Å². The molecule has 2 rings (SSSR count). The van der Waals surface area contributed by atoms with Gasteiger partial charge in [0.2, 0.25) is 0 Å². The van der Waals surface area contributed by atoms with Gasteiger partial charge < -0.3 is 15.4 Å². The molecule has 6 heteroatoms. The first-order valence-electron chi connectivity index (χ1n) is 8.07. The van der Waals surface area contributed by atoms with Gasteiger partial charge in [0.25, 0.3) is 0 Å². The molecule has 0 bridgehead atoms. The highest BCUT2D eigenvalue weighted by Gasteiger charge is 2.30. The number of carbonyl (C=O) groups is 1. The zero-order chi connectivity index (χ0) is 16.3. The first kappa shape index (κ1) is 16.6. The van der Waals surface area contributed by atoms with Crippen LogP contribution >= 0.6 is 0 Å². The number of alkyl carbamates (subject to hydrolysis) is 1. The highest BCUT2D eigenvalue weighted by atomic mass is 16.6. The zero-order valence-electron chi connectivity index (χ0n) is 14.3. The number of rotatable bonds is 4. The summed E-state index contributed by atoms with van der Waals surface area (Å²) < 4.78 is 7.18. The van der Waals surface area contributed by atoms with Crippen molar-refractivity contribution in [2.45, 2.75) is 71.1 Å². The molecule has 1 aliphatic carbocycles. The molecule has 1 heterocycles. The highest BCUT2D eigenvalue weighted by Crippen LogP contribution is 2.25. The molecule has 1 aromatic rings. The summed E-state index contributed by atoms with van der Waals surface area (Å²) >= 11 is 0. The van der Waals surface area contributed by atoms with Crippen molar-refractivity contribution >= 4 is 11.8 Å². The first-order chi connectivity index (χ1) is 10.3. The molecule has 6 nitrogen and oxygen atoms in total. The highest BCUT2D eigenvalue weighted by molar-refractivity contribution is 5.68. The monoisotopic (exact) mass is 308 g/mol. The molecule has 0 saturated heterocycles. The molecule has 0 unspecified atom stereocenters. The van der Waals surface area contributed by atoms with Gasteiger partial charge in [-0.25, -0.2) is 4.79 Å². The lowest BCUT2D eigenvalue weighted by Gasteiger charge is -2.25. The first-order valence-corrected chi connectivity index (χ1v) is 8.07. The number of aromatic nitrogens is 2. The summed E-state index contributed by atoms with van der Waals surface area (Å²) in [6.45, 7) is 7.72. The van der Waals surface area contributed by atoms with Gasteiger partial charge in [-0.3, -0.25) is 4.68 Å². The maximum absolute atomic E-state index is 12.0. The van der Waals surface area contributed by atoms with Crippen LogP contribution in [0.15, 0.2) is 6.20 Å². The van der Waals surface area contributed by atoms with Crippen LogP contribution in [0.5, 0.6) is 0 Å². The fourth-order valence-electron chi connectivity index (χ4n) is 2.88. The van der Waals surface area contributed by atoms with Gasteiger partial charge >= 0.3 is 6.09 Å². The Kier molecular flexibility index (Phi) is 4.98. The number of hydrogen-bond acceptors (Lipinski definition) is 4. The standard InChI is InChI=1S/C16H28N4O2/c1-6-11-14(10-20(5)19-11)17-12-8-7-9-13(12)18-15(21)22-16(2,3)4/h10,12-13,17H,6-9H2,1-5H3,(H,18,21)/t12-,13-/m0/s1. The van der Waals surface area contributed by atoms with Gasteiger partial charge in [-0.05, 0) is 46.5 Å². The minimum atomic E-state index is -0.468. The van der Waals surface area contributed by atoms with Crippen LogP contribution in [0.2, 0.25) is 0 Å². The third kappa shape index (κ3) is 4.39. The van der Waals surface area contributed by atoms with E-state index in [0.29, 0.717) is 0 Å². The van der Waals surface area contributed by atoms with E-state index in [1.165, 1.54) is 0 Å². The topological polar surface area (TPSA) is 68.2 Å². The van der Waals surface area contributed by atoms with E-state index in [0.717, 1.165) is 37.1 Å². The number of carbonyl (C=O) groups excluding carboxylic acids is 1. The van der Waals surface area contributed by atoms with Crippen LogP contribution in [0.25, 0.3) is 0 Å². The Balaban J connectivity index is 1.97. The minimum Gasteiger partial charge on any atom is -0.444 e. The molecule has 0 aliphatic heterocycles. The molecule has 22 heavy (non-hydrogen) atoms. The Labute approximate surface area is 132 Å². The van der Waals surface area contributed by atoms with Crippen LogP contribution < -0.4 is 10.6 Å². The summed E-state index contributed by atoms with van der Waals surface area (Å²) in [7, 11) is 1.93. The lowest BCUT2D eigenvalue weighted by atomic mass is 10.1. The number of hydrogen-bond donors (Lipinski definition) is 2. The van der Waals surface area contributed by atoms with E-state index in [9.17, 15) is 4.79 Å². The third-order valence-electron chi connectivity index (χ3n) is 3.80. The molecule has 2 atom stereocenters. The molecule has 0 radical (unpaired) electrons. The van der Waals surface area contributed by atoms with E-state index in [4.69, 9.17) is 4.74 Å². The molecule has 124 valence electrons. The second kappa shape index (κ2) is 6.58. The second-order valence-corrected chi connectivity index (χ2v) is 6.95. The number of amides is 1. The Morgan fingerprint density at radius 2 is 2.09 bits per heavy atom. The van der Waals surface area contributed by atoms with Gasteiger partial charge in [0, 0.05) is 19.3 Å². The Bertz CT molecular complexity index is 519. The average molecular weight is 308 g/mol. The molecule has 0 aromatic carbocycles. The summed E-state index contributed by atoms with van der Waals surface area (Å²) in [5.74, 6) is 0. The van der Waals surface area contributed by atoms with Crippen molar-refractivity contribution < 1.29 is 9.53 Å². The van der Waals surface area contributed by atoms with Crippen LogP contribution in [0.4, 0.5) is 10.5 Å². The summed E-state index contributed by atoms with van der Waals surface area (Å²) in [4.78, 5) is 12.0. The van der Waals surface area contributed by atoms with Gasteiger partial charge in [0.15, 0.2) is 0 Å². The number of anilines is 1. The fraction of sp³-hybridized carbons (Fsp3) is 0.750. The number of nitrogens with zero attached hydrogens (tertiary/aromatic N) is 2. The lowest BCUT2D eigenvalue weighted by Crippen LogP contribution is -2.45. The van der Waals surface area contributed by atoms with Gasteiger partial charge in [-0.2, -0.15) is 5.10 Å². The van der Waals surface area contributed by atoms with Crippen molar-refractivity contribution in [2.24, 2.45) is 7.05 Å². The van der Waals surface area contributed by atoms with Crippen LogP contribution in [0.3, 0.4) is 0 Å². The molecule has 2 N–H and O–H groups in total. The van der Waals surface area contributed by atoms with Gasteiger partial charge in [-0.15, -0.1) is 0 Å². The zero-order valence-corrected chi connectivity index (χ0v) is 14.3. The van der Waals surface area contributed by atoms with Gasteiger partial charge in [-0.1, -0.05) is 6.92 Å². The molecular weight excluding hydrogens is 280 g/mol. The largest absolute Gasteiger partial charge is 0.444 e. The number of ether oxygens (including phenoxy) is 1. The number of nitrogens with one attached hydrogen (secondary N) is 2. The van der Waals surface area contributed by atoms with Crippen molar-refractivity contribution in [3.8, 4) is 0 Å². The Hall–Kier alpha value is -1.72. The Morgan fingerprint density at radius 1 is 1.41 bits per heavy atom. The predicted molar refractivity (Wildman–Crippen MR) is 87.0 cm³/mol. The molecular formula is C16H28N4O2. The van der Waals surface area contributed by atoms with Gasteiger partial charge in [0.05, 0.1) is 17.4 Å². The lowest BCUT2D eigenvalue weighted by molar-refractivity contribution is 0.0503. The molecule has 1 aromatic heterocycles. The minimum absolute atomic E-state index is 0.0970. The van der Waals surface area contributed by atoms with Crippen LogP contribution in [0, 0.1) is 0 Å². The normalized spacial score (nSPS) is 21.7. The quantitative estimate of drug-likeness (QED) is 0.897. The smallest absolute Gasteiger partial charge is 0.407 e.